The standard InChI is InChI=1S/C20H24N2O/c1-16(18-11-7-4-8-12-18)21(2)19-13-20(23)22(15-19)14-17-9-5-3-6-10-17/h3-12,16,19H,13-15H2,1-2H3/t16-,19+/m0/s1. The highest BCUT2D eigenvalue weighted by Gasteiger charge is 2.33. The Hall–Kier alpha value is -2.13. The van der Waals surface area contributed by atoms with Gasteiger partial charge in [-0.3, -0.25) is 9.69 Å². The summed E-state index contributed by atoms with van der Waals surface area (Å²) in [7, 11) is 2.13. The van der Waals surface area contributed by atoms with Gasteiger partial charge in [0.1, 0.15) is 0 Å². The van der Waals surface area contributed by atoms with Gasteiger partial charge in [0.15, 0.2) is 0 Å². The largest absolute Gasteiger partial charge is 0.337 e. The molecule has 0 spiro atoms. The summed E-state index contributed by atoms with van der Waals surface area (Å²) in [5, 5.41) is 0. The molecular formula is C20H24N2O. The number of rotatable bonds is 5. The summed E-state index contributed by atoms with van der Waals surface area (Å²) < 4.78 is 0. The average molecular weight is 308 g/mol. The molecule has 23 heavy (non-hydrogen) atoms. The van der Waals surface area contributed by atoms with E-state index < -0.39 is 0 Å². The van der Waals surface area contributed by atoms with Gasteiger partial charge in [-0.15, -0.1) is 0 Å². The van der Waals surface area contributed by atoms with E-state index in [-0.39, 0.29) is 11.9 Å². The highest BCUT2D eigenvalue weighted by molar-refractivity contribution is 5.79. The Kier molecular flexibility index (Phi) is 4.77. The monoisotopic (exact) mass is 308 g/mol. The van der Waals surface area contributed by atoms with Crippen molar-refractivity contribution in [1.29, 1.82) is 0 Å². The Morgan fingerprint density at radius 2 is 1.70 bits per heavy atom. The molecule has 0 saturated carbocycles. The summed E-state index contributed by atoms with van der Waals surface area (Å²) in [5.74, 6) is 0.256. The zero-order valence-electron chi connectivity index (χ0n) is 13.9. The Labute approximate surface area is 138 Å². The highest BCUT2D eigenvalue weighted by Crippen LogP contribution is 2.26. The van der Waals surface area contributed by atoms with Crippen molar-refractivity contribution in [3.05, 3.63) is 71.8 Å². The molecule has 2 atom stereocenters. The van der Waals surface area contributed by atoms with E-state index in [9.17, 15) is 4.79 Å². The molecule has 0 unspecified atom stereocenters. The summed E-state index contributed by atoms with van der Waals surface area (Å²) in [5.41, 5.74) is 2.49. The molecule has 0 N–H and O–H groups in total. The van der Waals surface area contributed by atoms with Gasteiger partial charge in [-0.1, -0.05) is 60.7 Å². The van der Waals surface area contributed by atoms with Crippen LogP contribution in [0.4, 0.5) is 0 Å². The third-order valence-electron chi connectivity index (χ3n) is 4.88. The molecule has 3 rings (SSSR count). The molecule has 0 aromatic heterocycles. The Morgan fingerprint density at radius 3 is 2.35 bits per heavy atom. The first-order valence-electron chi connectivity index (χ1n) is 8.23. The smallest absolute Gasteiger partial charge is 0.224 e. The van der Waals surface area contributed by atoms with Crippen molar-refractivity contribution >= 4 is 5.91 Å². The van der Waals surface area contributed by atoms with Crippen LogP contribution in [0, 0.1) is 0 Å². The molecule has 2 aromatic carbocycles. The van der Waals surface area contributed by atoms with Crippen LogP contribution in [-0.2, 0) is 11.3 Å². The predicted octanol–water partition coefficient (Wildman–Crippen LogP) is 3.48. The molecule has 0 radical (unpaired) electrons. The molecule has 120 valence electrons. The van der Waals surface area contributed by atoms with Gasteiger partial charge in [0.2, 0.25) is 5.91 Å². The number of hydrogen-bond donors (Lipinski definition) is 0. The van der Waals surface area contributed by atoms with Gasteiger partial charge in [0.05, 0.1) is 0 Å². The number of likely N-dealkylation sites (tertiary alicyclic amines) is 1. The summed E-state index contributed by atoms with van der Waals surface area (Å²) >= 11 is 0. The van der Waals surface area contributed by atoms with Crippen LogP contribution in [0.5, 0.6) is 0 Å². The summed E-state index contributed by atoms with van der Waals surface area (Å²) in [4.78, 5) is 16.7. The van der Waals surface area contributed by atoms with E-state index in [0.717, 1.165) is 6.54 Å². The number of likely N-dealkylation sites (N-methyl/N-ethyl adjacent to an activating group) is 1. The van der Waals surface area contributed by atoms with Crippen LogP contribution in [-0.4, -0.2) is 35.3 Å². The van der Waals surface area contributed by atoms with Gasteiger partial charge in [-0.2, -0.15) is 0 Å². The lowest BCUT2D eigenvalue weighted by atomic mass is 10.1. The quantitative estimate of drug-likeness (QED) is 0.844. The van der Waals surface area contributed by atoms with Gasteiger partial charge in [0, 0.05) is 31.6 Å². The second kappa shape index (κ2) is 6.97. The average Bonchev–Trinajstić information content (AvgIpc) is 2.96. The molecule has 1 aliphatic rings. The van der Waals surface area contributed by atoms with Crippen molar-refractivity contribution in [1.82, 2.24) is 9.80 Å². The van der Waals surface area contributed by atoms with E-state index >= 15 is 0 Å². The van der Waals surface area contributed by atoms with Gasteiger partial charge in [-0.05, 0) is 25.1 Å². The molecule has 1 saturated heterocycles. The van der Waals surface area contributed by atoms with Crippen molar-refractivity contribution in [2.45, 2.75) is 32.0 Å². The summed E-state index contributed by atoms with van der Waals surface area (Å²) in [6, 6.07) is 21.3. The molecule has 0 bridgehead atoms. The Balaban J connectivity index is 1.65. The van der Waals surface area contributed by atoms with Crippen molar-refractivity contribution < 1.29 is 4.79 Å². The fourth-order valence-corrected chi connectivity index (χ4v) is 3.26. The summed E-state index contributed by atoms with van der Waals surface area (Å²) in [6.07, 6.45) is 0.612. The van der Waals surface area contributed by atoms with E-state index in [2.05, 4.69) is 55.3 Å². The normalized spacial score (nSPS) is 19.3. The predicted molar refractivity (Wildman–Crippen MR) is 92.9 cm³/mol. The molecule has 0 aliphatic carbocycles. The van der Waals surface area contributed by atoms with Gasteiger partial charge in [0.25, 0.3) is 0 Å². The fourth-order valence-electron chi connectivity index (χ4n) is 3.26. The molecule has 2 aromatic rings. The number of carbonyl (C=O) groups excluding carboxylic acids is 1. The maximum atomic E-state index is 12.4. The van der Waals surface area contributed by atoms with Crippen LogP contribution < -0.4 is 0 Å². The van der Waals surface area contributed by atoms with Crippen LogP contribution >= 0.6 is 0 Å². The summed E-state index contributed by atoms with van der Waals surface area (Å²) in [6.45, 7) is 3.73. The minimum atomic E-state index is 0.256. The first kappa shape index (κ1) is 15.8. The van der Waals surface area contributed by atoms with Crippen LogP contribution in [0.2, 0.25) is 0 Å². The molecule has 1 fully saturated rings. The lowest BCUT2D eigenvalue weighted by Gasteiger charge is -2.30. The van der Waals surface area contributed by atoms with Gasteiger partial charge in [-0.25, -0.2) is 0 Å². The highest BCUT2D eigenvalue weighted by atomic mass is 16.2. The molecule has 3 heteroatoms. The van der Waals surface area contributed by atoms with Crippen molar-refractivity contribution in [2.24, 2.45) is 0 Å². The molecule has 1 amide bonds. The fraction of sp³-hybridized carbons (Fsp3) is 0.350. The van der Waals surface area contributed by atoms with E-state index in [0.29, 0.717) is 19.0 Å². The topological polar surface area (TPSA) is 23.6 Å². The molecular weight excluding hydrogens is 284 g/mol. The second-order valence-electron chi connectivity index (χ2n) is 6.37. The maximum absolute atomic E-state index is 12.4. The van der Waals surface area contributed by atoms with Crippen LogP contribution in [0.15, 0.2) is 60.7 Å². The molecule has 3 nitrogen and oxygen atoms in total. The van der Waals surface area contributed by atoms with Crippen LogP contribution in [0.1, 0.15) is 30.5 Å². The minimum absolute atomic E-state index is 0.256. The molecule has 1 heterocycles. The van der Waals surface area contributed by atoms with Crippen molar-refractivity contribution in [3.63, 3.8) is 0 Å². The number of carbonyl (C=O) groups is 1. The number of amides is 1. The van der Waals surface area contributed by atoms with Crippen molar-refractivity contribution in [3.8, 4) is 0 Å². The lowest BCUT2D eigenvalue weighted by molar-refractivity contribution is -0.128. The number of nitrogens with zero attached hydrogens (tertiary/aromatic N) is 2. The third-order valence-corrected chi connectivity index (χ3v) is 4.88. The third kappa shape index (κ3) is 3.62. The lowest BCUT2D eigenvalue weighted by Crippen LogP contribution is -2.36. The Bertz CT molecular complexity index is 641. The van der Waals surface area contributed by atoms with Crippen LogP contribution in [0.25, 0.3) is 0 Å². The SMILES string of the molecule is C[C@@H](c1ccccc1)N(C)[C@@H]1CC(=O)N(Cc2ccccc2)C1. The van der Waals surface area contributed by atoms with Crippen molar-refractivity contribution in [2.75, 3.05) is 13.6 Å². The van der Waals surface area contributed by atoms with Gasteiger partial charge < -0.3 is 4.90 Å². The molecule has 1 aliphatic heterocycles. The first-order valence-corrected chi connectivity index (χ1v) is 8.23. The van der Waals surface area contributed by atoms with Gasteiger partial charge >= 0.3 is 0 Å². The minimum Gasteiger partial charge on any atom is -0.337 e. The van der Waals surface area contributed by atoms with E-state index in [1.807, 2.05) is 29.2 Å². The maximum Gasteiger partial charge on any atom is 0.224 e. The Morgan fingerprint density at radius 1 is 1.09 bits per heavy atom. The zero-order valence-corrected chi connectivity index (χ0v) is 13.9. The number of benzene rings is 2. The van der Waals surface area contributed by atoms with E-state index in [1.165, 1.54) is 11.1 Å². The number of hydrogen-bond acceptors (Lipinski definition) is 2. The van der Waals surface area contributed by atoms with Crippen LogP contribution in [0.3, 0.4) is 0 Å². The van der Waals surface area contributed by atoms with E-state index in [4.69, 9.17) is 0 Å². The van der Waals surface area contributed by atoms with E-state index in [1.54, 1.807) is 0 Å². The second-order valence-corrected chi connectivity index (χ2v) is 6.37. The first-order chi connectivity index (χ1) is 11.1. The zero-order chi connectivity index (χ0) is 16.2.